The van der Waals surface area contributed by atoms with E-state index < -0.39 is 22.1 Å². The number of hydrogen-bond donors (Lipinski definition) is 1. The predicted octanol–water partition coefficient (Wildman–Crippen LogP) is 4.20. The monoisotopic (exact) mass is 428 g/mol. The number of anilines is 1. The third kappa shape index (κ3) is 5.86. The number of halogens is 3. The fourth-order valence-electron chi connectivity index (χ4n) is 3.41. The molecule has 2 aromatic rings. The quantitative estimate of drug-likeness (QED) is 0.749. The number of rotatable bonds is 6. The van der Waals surface area contributed by atoms with Gasteiger partial charge >= 0.3 is 6.36 Å². The molecule has 2 aromatic carbocycles. The first-order valence-electron chi connectivity index (χ1n) is 9.39. The molecule has 1 aliphatic heterocycles. The second kappa shape index (κ2) is 8.62. The van der Waals surface area contributed by atoms with Crippen LogP contribution in [-0.4, -0.2) is 39.3 Å². The molecule has 0 fully saturated rings. The summed E-state index contributed by atoms with van der Waals surface area (Å²) in [6.07, 6.45) is -1.97. The van der Waals surface area contributed by atoms with Gasteiger partial charge in [-0.1, -0.05) is 13.0 Å². The van der Waals surface area contributed by atoms with Gasteiger partial charge in [-0.05, 0) is 73.3 Å². The Labute approximate surface area is 168 Å². The zero-order valence-electron chi connectivity index (χ0n) is 16.0. The van der Waals surface area contributed by atoms with Gasteiger partial charge in [-0.3, -0.25) is 4.72 Å². The van der Waals surface area contributed by atoms with Crippen LogP contribution in [0.2, 0.25) is 0 Å². The van der Waals surface area contributed by atoms with Crippen molar-refractivity contribution in [1.29, 1.82) is 0 Å². The third-order valence-electron chi connectivity index (χ3n) is 4.76. The summed E-state index contributed by atoms with van der Waals surface area (Å²) in [6, 6.07) is 9.59. The highest BCUT2D eigenvalue weighted by Crippen LogP contribution is 2.26. The summed E-state index contributed by atoms with van der Waals surface area (Å²) >= 11 is 0. The minimum Gasteiger partial charge on any atom is -0.406 e. The van der Waals surface area contributed by atoms with Crippen LogP contribution in [0.3, 0.4) is 0 Å². The molecule has 0 spiro atoms. The number of nitrogens with one attached hydrogen (secondary N) is 1. The topological polar surface area (TPSA) is 58.6 Å². The van der Waals surface area contributed by atoms with Crippen molar-refractivity contribution in [2.24, 2.45) is 0 Å². The minimum absolute atomic E-state index is 0.143. The molecule has 0 aliphatic carbocycles. The third-order valence-corrected chi connectivity index (χ3v) is 6.16. The molecule has 29 heavy (non-hydrogen) atoms. The molecule has 1 aliphatic rings. The minimum atomic E-state index is -4.83. The SMILES string of the molecule is CCCN1CCc2ccc(NS(=O)(=O)c3ccc(OC(F)(F)F)cc3)cc2CC1. The van der Waals surface area contributed by atoms with Crippen molar-refractivity contribution in [1.82, 2.24) is 4.90 Å². The first-order chi connectivity index (χ1) is 13.7. The van der Waals surface area contributed by atoms with Crippen molar-refractivity contribution in [3.63, 3.8) is 0 Å². The summed E-state index contributed by atoms with van der Waals surface area (Å²) in [4.78, 5) is 2.25. The molecule has 0 amide bonds. The van der Waals surface area contributed by atoms with Crippen LogP contribution in [0.15, 0.2) is 47.4 Å². The summed E-state index contributed by atoms with van der Waals surface area (Å²) in [7, 11) is -3.93. The van der Waals surface area contributed by atoms with Crippen molar-refractivity contribution < 1.29 is 26.3 Å². The highest BCUT2D eigenvalue weighted by Gasteiger charge is 2.31. The van der Waals surface area contributed by atoms with E-state index in [1.807, 2.05) is 12.1 Å². The van der Waals surface area contributed by atoms with E-state index in [-0.39, 0.29) is 4.90 Å². The maximum atomic E-state index is 12.6. The smallest absolute Gasteiger partial charge is 0.406 e. The second-order valence-corrected chi connectivity index (χ2v) is 8.63. The molecule has 0 unspecified atom stereocenters. The Balaban J connectivity index is 1.73. The summed E-state index contributed by atoms with van der Waals surface area (Å²) in [6.45, 7) is 5.10. The lowest BCUT2D eigenvalue weighted by molar-refractivity contribution is -0.274. The largest absolute Gasteiger partial charge is 0.573 e. The van der Waals surface area contributed by atoms with Gasteiger partial charge in [0.25, 0.3) is 10.0 Å². The number of nitrogens with zero attached hydrogens (tertiary/aromatic N) is 1. The van der Waals surface area contributed by atoms with E-state index in [0.29, 0.717) is 5.69 Å². The highest BCUT2D eigenvalue weighted by molar-refractivity contribution is 7.92. The van der Waals surface area contributed by atoms with Crippen LogP contribution < -0.4 is 9.46 Å². The summed E-state index contributed by atoms with van der Waals surface area (Å²) in [5.74, 6) is -0.474. The van der Waals surface area contributed by atoms with Gasteiger partial charge in [0, 0.05) is 18.8 Å². The van der Waals surface area contributed by atoms with Crippen LogP contribution in [-0.2, 0) is 22.9 Å². The molecule has 1 heterocycles. The summed E-state index contributed by atoms with van der Waals surface area (Å²) < 4.78 is 68.2. The van der Waals surface area contributed by atoms with Crippen LogP contribution in [0.1, 0.15) is 24.5 Å². The van der Waals surface area contributed by atoms with Crippen LogP contribution in [0.25, 0.3) is 0 Å². The van der Waals surface area contributed by atoms with E-state index in [9.17, 15) is 21.6 Å². The van der Waals surface area contributed by atoms with E-state index in [2.05, 4.69) is 21.3 Å². The predicted molar refractivity (Wildman–Crippen MR) is 105 cm³/mol. The first kappa shape index (κ1) is 21.4. The van der Waals surface area contributed by atoms with Gasteiger partial charge in [-0.2, -0.15) is 0 Å². The summed E-state index contributed by atoms with van der Waals surface area (Å²) in [5.41, 5.74) is 2.75. The van der Waals surface area contributed by atoms with Crippen molar-refractivity contribution in [2.75, 3.05) is 24.4 Å². The van der Waals surface area contributed by atoms with E-state index in [4.69, 9.17) is 0 Å². The lowest BCUT2D eigenvalue weighted by Crippen LogP contribution is -2.27. The lowest BCUT2D eigenvalue weighted by atomic mass is 10.0. The van der Waals surface area contributed by atoms with Gasteiger partial charge in [0.05, 0.1) is 4.90 Å². The Bertz CT molecular complexity index is 944. The van der Waals surface area contributed by atoms with Crippen molar-refractivity contribution in [3.05, 3.63) is 53.6 Å². The van der Waals surface area contributed by atoms with Gasteiger partial charge in [0.2, 0.25) is 0 Å². The van der Waals surface area contributed by atoms with Gasteiger partial charge < -0.3 is 9.64 Å². The Morgan fingerprint density at radius 2 is 1.69 bits per heavy atom. The molecular weight excluding hydrogens is 405 g/mol. The van der Waals surface area contributed by atoms with Crippen molar-refractivity contribution >= 4 is 15.7 Å². The van der Waals surface area contributed by atoms with Crippen molar-refractivity contribution in [2.45, 2.75) is 37.4 Å². The van der Waals surface area contributed by atoms with E-state index in [1.54, 1.807) is 6.07 Å². The van der Waals surface area contributed by atoms with Crippen LogP contribution in [0.5, 0.6) is 5.75 Å². The molecule has 5 nitrogen and oxygen atoms in total. The Morgan fingerprint density at radius 1 is 1.03 bits per heavy atom. The van der Waals surface area contributed by atoms with E-state index in [1.165, 1.54) is 5.56 Å². The Kier molecular flexibility index (Phi) is 6.38. The molecule has 0 saturated carbocycles. The summed E-state index contributed by atoms with van der Waals surface area (Å²) in [5, 5.41) is 0. The molecule has 9 heteroatoms. The van der Waals surface area contributed by atoms with E-state index >= 15 is 0 Å². The Hall–Kier alpha value is -2.26. The van der Waals surface area contributed by atoms with Crippen molar-refractivity contribution in [3.8, 4) is 5.75 Å². The zero-order valence-corrected chi connectivity index (χ0v) is 16.8. The van der Waals surface area contributed by atoms with Crippen LogP contribution in [0, 0.1) is 0 Å². The van der Waals surface area contributed by atoms with Crippen LogP contribution in [0.4, 0.5) is 18.9 Å². The van der Waals surface area contributed by atoms with Crippen LogP contribution >= 0.6 is 0 Å². The first-order valence-corrected chi connectivity index (χ1v) is 10.9. The highest BCUT2D eigenvalue weighted by atomic mass is 32.2. The number of hydrogen-bond acceptors (Lipinski definition) is 4. The average molecular weight is 428 g/mol. The molecule has 158 valence electrons. The number of fused-ring (bicyclic) bond motifs is 1. The standard InChI is InChI=1S/C20H23F3N2O3S/c1-2-11-25-12-9-15-3-4-17(14-16(15)10-13-25)24-29(26,27)19-7-5-18(6-8-19)28-20(21,22)23/h3-8,14,24H,2,9-13H2,1H3. The second-order valence-electron chi connectivity index (χ2n) is 6.95. The van der Waals surface area contributed by atoms with Gasteiger partial charge in [0.15, 0.2) is 0 Å². The number of alkyl halides is 3. The maximum Gasteiger partial charge on any atom is 0.573 e. The van der Waals surface area contributed by atoms with E-state index in [0.717, 1.165) is 68.7 Å². The molecule has 3 rings (SSSR count). The number of benzene rings is 2. The normalized spacial score (nSPS) is 15.4. The zero-order chi connectivity index (χ0) is 21.1. The molecular formula is C20H23F3N2O3S. The molecule has 0 atom stereocenters. The van der Waals surface area contributed by atoms with Gasteiger partial charge in [-0.25, -0.2) is 8.42 Å². The van der Waals surface area contributed by atoms with Gasteiger partial charge in [0.1, 0.15) is 5.75 Å². The molecule has 0 bridgehead atoms. The number of ether oxygens (including phenoxy) is 1. The molecule has 1 N–H and O–H groups in total. The molecule has 0 aromatic heterocycles. The average Bonchev–Trinajstić information content (AvgIpc) is 2.83. The van der Waals surface area contributed by atoms with Gasteiger partial charge in [-0.15, -0.1) is 13.2 Å². The number of sulfonamides is 1. The fraction of sp³-hybridized carbons (Fsp3) is 0.400. The molecule has 0 saturated heterocycles. The fourth-order valence-corrected chi connectivity index (χ4v) is 4.46. The molecule has 0 radical (unpaired) electrons. The maximum absolute atomic E-state index is 12.6. The lowest BCUT2D eigenvalue weighted by Gasteiger charge is -2.18. The Morgan fingerprint density at radius 3 is 2.31 bits per heavy atom.